The predicted molar refractivity (Wildman–Crippen MR) is 148 cm³/mol. The molecule has 5 rings (SSSR count). The summed E-state index contributed by atoms with van der Waals surface area (Å²) >= 11 is 0. The smallest absolute Gasteiger partial charge is 0.457 e. The lowest BCUT2D eigenvalue weighted by Gasteiger charge is -2.34. The average Bonchev–Trinajstić information content (AvgIpc) is 3.33. The van der Waals surface area contributed by atoms with Gasteiger partial charge in [-0.1, -0.05) is 18.2 Å². The second kappa shape index (κ2) is 11.3. The lowest BCUT2D eigenvalue weighted by Crippen LogP contribution is -2.43. The molecule has 1 saturated heterocycles. The van der Waals surface area contributed by atoms with Crippen LogP contribution >= 0.6 is 0 Å². The van der Waals surface area contributed by atoms with Crippen LogP contribution in [0.4, 0.5) is 23.8 Å². The van der Waals surface area contributed by atoms with Crippen LogP contribution in [0.5, 0.6) is 11.5 Å². The van der Waals surface area contributed by atoms with Crippen LogP contribution in [-0.2, 0) is 9.53 Å². The number of amides is 2. The zero-order chi connectivity index (χ0) is 30.1. The Hall–Kier alpha value is -4.68. The number of rotatable bonds is 5. The van der Waals surface area contributed by atoms with E-state index >= 15 is 0 Å². The van der Waals surface area contributed by atoms with Crippen molar-refractivity contribution in [3.05, 3.63) is 60.9 Å². The van der Waals surface area contributed by atoms with Gasteiger partial charge in [-0.2, -0.15) is 18.3 Å². The Morgan fingerprint density at radius 2 is 1.67 bits per heavy atom. The summed E-state index contributed by atoms with van der Waals surface area (Å²) in [5.74, 6) is -1.32. The number of alkyl halides is 3. The van der Waals surface area contributed by atoms with Crippen molar-refractivity contribution >= 4 is 28.9 Å². The molecule has 1 N–H and O–H groups in total. The topological polar surface area (TPSA) is 111 Å². The minimum absolute atomic E-state index is 0.140. The summed E-state index contributed by atoms with van der Waals surface area (Å²) in [5, 5.41) is 6.77. The van der Waals surface area contributed by atoms with Gasteiger partial charge in [-0.15, -0.1) is 0 Å². The number of nitrogens with zero attached hydrogens (tertiary/aromatic N) is 5. The molecule has 2 aromatic heterocycles. The number of para-hydroxylation sites is 1. The van der Waals surface area contributed by atoms with Crippen LogP contribution in [0.1, 0.15) is 39.7 Å². The number of nitrogens with one attached hydrogen (secondary N) is 1. The van der Waals surface area contributed by atoms with Crippen LogP contribution in [0.2, 0.25) is 0 Å². The first kappa shape index (κ1) is 28.8. The third-order valence-corrected chi connectivity index (χ3v) is 6.48. The fraction of sp³-hybridized carbons (Fsp3) is 0.345. The highest BCUT2D eigenvalue weighted by Crippen LogP contribution is 2.36. The van der Waals surface area contributed by atoms with Crippen molar-refractivity contribution in [2.75, 3.05) is 18.4 Å². The second-order valence-corrected chi connectivity index (χ2v) is 10.8. The van der Waals surface area contributed by atoms with Gasteiger partial charge in [0, 0.05) is 18.7 Å². The van der Waals surface area contributed by atoms with Gasteiger partial charge in [0.1, 0.15) is 34.9 Å². The van der Waals surface area contributed by atoms with E-state index < -0.39 is 23.8 Å². The summed E-state index contributed by atoms with van der Waals surface area (Å²) in [6, 6.07) is 15.6. The highest BCUT2D eigenvalue weighted by Gasteiger charge is 2.40. The van der Waals surface area contributed by atoms with Crippen molar-refractivity contribution in [2.24, 2.45) is 0 Å². The molecule has 13 heteroatoms. The number of hydrogen-bond acceptors (Lipinski definition) is 7. The molecular weight excluding hydrogens is 553 g/mol. The second-order valence-electron chi connectivity index (χ2n) is 10.8. The molecule has 0 spiro atoms. The van der Waals surface area contributed by atoms with Crippen LogP contribution in [0, 0.1) is 0 Å². The molecular formula is C29H29F3N6O4. The number of aromatic nitrogens is 4. The summed E-state index contributed by atoms with van der Waals surface area (Å²) < 4.78 is 52.5. The molecule has 42 heavy (non-hydrogen) atoms. The van der Waals surface area contributed by atoms with Gasteiger partial charge in [0.2, 0.25) is 0 Å². The van der Waals surface area contributed by atoms with Gasteiger partial charge in [-0.3, -0.25) is 4.79 Å². The third kappa shape index (κ3) is 6.45. The van der Waals surface area contributed by atoms with Crippen LogP contribution in [-0.4, -0.2) is 61.5 Å². The molecule has 10 nitrogen and oxygen atoms in total. The molecule has 1 aliphatic rings. The summed E-state index contributed by atoms with van der Waals surface area (Å²) in [4.78, 5) is 34.5. The number of halogens is 3. The number of benzene rings is 2. The quantitative estimate of drug-likeness (QED) is 0.292. The van der Waals surface area contributed by atoms with Gasteiger partial charge in [0.15, 0.2) is 5.65 Å². The number of ether oxygens (including phenoxy) is 2. The normalized spacial score (nSPS) is 15.9. The maximum absolute atomic E-state index is 13.2. The Labute approximate surface area is 239 Å². The highest BCUT2D eigenvalue weighted by molar-refractivity contribution is 6.05. The number of anilines is 1. The Balaban J connectivity index is 1.54. The summed E-state index contributed by atoms with van der Waals surface area (Å²) in [5.41, 5.74) is 0.350. The SMILES string of the molecule is CC(C)(C)OC(=O)N1CCC[C@@H](n2nc(-c3ccc(Oc4ccccc4)cc3)c3c(NC(=O)C(F)(F)F)ncnc32)C1. The Kier molecular flexibility index (Phi) is 7.76. The first-order valence-electron chi connectivity index (χ1n) is 13.3. The van der Waals surface area contributed by atoms with Crippen molar-refractivity contribution < 1.29 is 32.2 Å². The molecule has 2 amide bonds. The number of hydrogen-bond donors (Lipinski definition) is 1. The molecule has 3 heterocycles. The fourth-order valence-corrected chi connectivity index (χ4v) is 4.66. The van der Waals surface area contributed by atoms with Crippen molar-refractivity contribution in [1.82, 2.24) is 24.6 Å². The molecule has 0 radical (unpaired) electrons. The number of fused-ring (bicyclic) bond motifs is 1. The van der Waals surface area contributed by atoms with Crippen LogP contribution in [0.25, 0.3) is 22.3 Å². The minimum Gasteiger partial charge on any atom is -0.457 e. The predicted octanol–water partition coefficient (Wildman–Crippen LogP) is 6.36. The van der Waals surface area contributed by atoms with E-state index in [-0.39, 0.29) is 35.1 Å². The number of carbonyl (C=O) groups is 2. The van der Waals surface area contributed by atoms with Gasteiger partial charge < -0.3 is 19.7 Å². The minimum atomic E-state index is -5.12. The summed E-state index contributed by atoms with van der Waals surface area (Å²) in [7, 11) is 0. The molecule has 1 fully saturated rings. The molecule has 0 bridgehead atoms. The van der Waals surface area contributed by atoms with E-state index in [1.54, 1.807) is 66.8 Å². The maximum atomic E-state index is 13.2. The summed E-state index contributed by atoms with van der Waals surface area (Å²) in [6.07, 6.45) is -3.24. The lowest BCUT2D eigenvalue weighted by molar-refractivity contribution is -0.167. The van der Waals surface area contributed by atoms with Crippen LogP contribution < -0.4 is 10.1 Å². The van der Waals surface area contributed by atoms with E-state index in [4.69, 9.17) is 14.6 Å². The zero-order valence-electron chi connectivity index (χ0n) is 23.2. The maximum Gasteiger partial charge on any atom is 0.471 e. The lowest BCUT2D eigenvalue weighted by atomic mass is 10.1. The van der Waals surface area contributed by atoms with Crippen LogP contribution in [0.3, 0.4) is 0 Å². The van der Waals surface area contributed by atoms with Crippen LogP contribution in [0.15, 0.2) is 60.9 Å². The van der Waals surface area contributed by atoms with E-state index in [2.05, 4.69) is 9.97 Å². The largest absolute Gasteiger partial charge is 0.471 e. The Morgan fingerprint density at radius 1 is 0.976 bits per heavy atom. The third-order valence-electron chi connectivity index (χ3n) is 6.48. The Morgan fingerprint density at radius 3 is 2.33 bits per heavy atom. The van der Waals surface area contributed by atoms with Crippen molar-refractivity contribution in [3.63, 3.8) is 0 Å². The van der Waals surface area contributed by atoms with Gasteiger partial charge in [-0.05, 0) is 70.0 Å². The van der Waals surface area contributed by atoms with Gasteiger partial charge in [-0.25, -0.2) is 19.4 Å². The monoisotopic (exact) mass is 582 g/mol. The van der Waals surface area contributed by atoms with E-state index in [1.165, 1.54) is 0 Å². The zero-order valence-corrected chi connectivity index (χ0v) is 23.2. The molecule has 0 unspecified atom stereocenters. The van der Waals surface area contributed by atoms with Gasteiger partial charge >= 0.3 is 18.2 Å². The average molecular weight is 583 g/mol. The summed E-state index contributed by atoms with van der Waals surface area (Å²) in [6.45, 7) is 6.09. The number of carbonyl (C=O) groups excluding carboxylic acids is 2. The molecule has 4 aromatic rings. The van der Waals surface area contributed by atoms with E-state index in [9.17, 15) is 22.8 Å². The van der Waals surface area contributed by atoms with E-state index in [0.717, 1.165) is 6.33 Å². The van der Waals surface area contributed by atoms with E-state index in [0.29, 0.717) is 36.4 Å². The fourth-order valence-electron chi connectivity index (χ4n) is 4.66. The standard InChI is InChI=1S/C29H29F3N6O4/c1-28(2,3)42-27(40)37-15-7-8-19(16-37)38-25-22(24(33-17-34-25)35-26(39)29(30,31)32)23(36-38)18-11-13-21(14-12-18)41-20-9-5-4-6-10-20/h4-6,9-14,17,19H,7-8,15-16H2,1-3H3,(H,33,34,35,39)/t19-/m1/s1. The van der Waals surface area contributed by atoms with E-state index in [1.807, 2.05) is 23.5 Å². The van der Waals surface area contributed by atoms with Crippen molar-refractivity contribution in [1.29, 1.82) is 0 Å². The molecule has 1 aliphatic heterocycles. The Bertz CT molecular complexity index is 1580. The molecule has 0 saturated carbocycles. The van der Waals surface area contributed by atoms with Gasteiger partial charge in [0.05, 0.1) is 11.4 Å². The first-order valence-corrected chi connectivity index (χ1v) is 13.3. The van der Waals surface area contributed by atoms with Crippen molar-refractivity contribution in [3.8, 4) is 22.8 Å². The number of likely N-dealkylation sites (tertiary alicyclic amines) is 1. The molecule has 1 atom stereocenters. The van der Waals surface area contributed by atoms with Crippen molar-refractivity contribution in [2.45, 2.75) is 51.4 Å². The van der Waals surface area contributed by atoms with Gasteiger partial charge in [0.25, 0.3) is 0 Å². The highest BCUT2D eigenvalue weighted by atomic mass is 19.4. The molecule has 220 valence electrons. The molecule has 0 aliphatic carbocycles. The first-order chi connectivity index (χ1) is 19.9. The molecule has 2 aromatic carbocycles. The number of piperidine rings is 1.